The first kappa shape index (κ1) is 16.2. The van der Waals surface area contributed by atoms with Crippen molar-refractivity contribution in [2.45, 2.75) is 17.9 Å². The Balaban J connectivity index is 2.05. The van der Waals surface area contributed by atoms with Crippen LogP contribution < -0.4 is 10.5 Å². The molecule has 1 aromatic rings. The molecule has 0 radical (unpaired) electrons. The summed E-state index contributed by atoms with van der Waals surface area (Å²) in [6, 6.07) is 3.79. The van der Waals surface area contributed by atoms with E-state index in [0.29, 0.717) is 13.2 Å². The molecule has 0 amide bonds. The maximum atomic E-state index is 13.7. The highest BCUT2D eigenvalue weighted by Crippen LogP contribution is 2.21. The van der Waals surface area contributed by atoms with Gasteiger partial charge in [0.1, 0.15) is 10.7 Å². The quantitative estimate of drug-likeness (QED) is 0.768. The van der Waals surface area contributed by atoms with Crippen molar-refractivity contribution < 1.29 is 17.5 Å². The number of anilines is 1. The number of nitrogens with zero attached hydrogens (tertiary/aromatic N) is 1. The van der Waals surface area contributed by atoms with E-state index in [0.717, 1.165) is 19.2 Å². The molecule has 1 atom stereocenters. The Morgan fingerprint density at radius 3 is 2.95 bits per heavy atom. The van der Waals surface area contributed by atoms with Gasteiger partial charge in [-0.25, -0.2) is 17.5 Å². The zero-order valence-corrected chi connectivity index (χ0v) is 12.7. The molecule has 1 unspecified atom stereocenters. The van der Waals surface area contributed by atoms with Crippen molar-refractivity contribution in [1.29, 1.82) is 0 Å². The summed E-state index contributed by atoms with van der Waals surface area (Å²) >= 11 is 0. The Morgan fingerprint density at radius 2 is 2.29 bits per heavy atom. The monoisotopic (exact) mass is 317 g/mol. The van der Waals surface area contributed by atoms with Crippen molar-refractivity contribution in [3.05, 3.63) is 24.0 Å². The van der Waals surface area contributed by atoms with Gasteiger partial charge in [-0.15, -0.1) is 0 Å². The van der Waals surface area contributed by atoms with Crippen LogP contribution in [0.4, 0.5) is 10.1 Å². The molecule has 1 fully saturated rings. The highest BCUT2D eigenvalue weighted by Gasteiger charge is 2.25. The Morgan fingerprint density at radius 1 is 1.52 bits per heavy atom. The number of hydrogen-bond donors (Lipinski definition) is 2. The molecule has 1 aromatic carbocycles. The second kappa shape index (κ2) is 6.69. The predicted molar refractivity (Wildman–Crippen MR) is 77.9 cm³/mol. The van der Waals surface area contributed by atoms with Gasteiger partial charge < -0.3 is 10.5 Å². The summed E-state index contributed by atoms with van der Waals surface area (Å²) < 4.78 is 45.9. The van der Waals surface area contributed by atoms with Crippen LogP contribution in [0.25, 0.3) is 0 Å². The lowest BCUT2D eigenvalue weighted by molar-refractivity contribution is -0.0229. The van der Waals surface area contributed by atoms with Crippen LogP contribution in [-0.2, 0) is 14.8 Å². The molecule has 0 aliphatic carbocycles. The molecule has 0 spiro atoms. The summed E-state index contributed by atoms with van der Waals surface area (Å²) in [7, 11) is -3.99. The fourth-order valence-electron chi connectivity index (χ4n) is 2.27. The van der Waals surface area contributed by atoms with Gasteiger partial charge in [-0.05, 0) is 18.7 Å². The van der Waals surface area contributed by atoms with Gasteiger partial charge in [-0.1, -0.05) is 13.0 Å². The Labute approximate surface area is 124 Å². The number of nitrogens with one attached hydrogen (secondary N) is 1. The van der Waals surface area contributed by atoms with Gasteiger partial charge in [0.15, 0.2) is 0 Å². The topological polar surface area (TPSA) is 84.7 Å². The van der Waals surface area contributed by atoms with Crippen molar-refractivity contribution in [1.82, 2.24) is 9.62 Å². The molecular formula is C13H20FN3O3S. The van der Waals surface area contributed by atoms with Gasteiger partial charge >= 0.3 is 0 Å². The zero-order valence-electron chi connectivity index (χ0n) is 11.9. The first-order valence-electron chi connectivity index (χ1n) is 6.81. The third-order valence-electron chi connectivity index (χ3n) is 3.44. The van der Waals surface area contributed by atoms with Crippen LogP contribution >= 0.6 is 0 Å². The summed E-state index contributed by atoms with van der Waals surface area (Å²) in [5.74, 6) is -0.859. The average molecular weight is 317 g/mol. The molecule has 1 aliphatic rings. The Kier molecular flexibility index (Phi) is 5.15. The second-order valence-corrected chi connectivity index (χ2v) is 6.60. The number of nitrogen functional groups attached to an aromatic ring is 1. The third-order valence-corrected chi connectivity index (χ3v) is 4.95. The number of benzene rings is 1. The number of nitrogens with two attached hydrogens (primary N) is 1. The van der Waals surface area contributed by atoms with Crippen LogP contribution in [-0.4, -0.2) is 52.2 Å². The molecule has 0 saturated carbocycles. The van der Waals surface area contributed by atoms with Crippen molar-refractivity contribution in [2.24, 2.45) is 0 Å². The van der Waals surface area contributed by atoms with Gasteiger partial charge in [0, 0.05) is 19.6 Å². The Bertz CT molecular complexity index is 574. The molecular weight excluding hydrogens is 297 g/mol. The number of morpholine rings is 1. The van der Waals surface area contributed by atoms with E-state index in [9.17, 15) is 12.8 Å². The lowest BCUT2D eigenvalue weighted by Crippen LogP contribution is -2.47. The lowest BCUT2D eigenvalue weighted by Gasteiger charge is -2.32. The summed E-state index contributed by atoms with van der Waals surface area (Å²) in [5.41, 5.74) is 5.45. The normalized spacial score (nSPS) is 20.6. The fourth-order valence-corrected chi connectivity index (χ4v) is 3.53. The summed E-state index contributed by atoms with van der Waals surface area (Å²) in [4.78, 5) is 1.66. The highest BCUT2D eigenvalue weighted by molar-refractivity contribution is 7.89. The number of sulfonamides is 1. The molecule has 0 aromatic heterocycles. The Hall–Kier alpha value is -1.22. The van der Waals surface area contributed by atoms with Gasteiger partial charge in [-0.2, -0.15) is 0 Å². The van der Waals surface area contributed by atoms with Gasteiger partial charge in [-0.3, -0.25) is 4.90 Å². The molecule has 1 heterocycles. The fraction of sp³-hybridized carbons (Fsp3) is 0.538. The maximum absolute atomic E-state index is 13.7. The largest absolute Gasteiger partial charge is 0.398 e. The average Bonchev–Trinajstić information content (AvgIpc) is 2.45. The minimum Gasteiger partial charge on any atom is -0.398 e. The second-order valence-electron chi connectivity index (χ2n) is 4.90. The van der Waals surface area contributed by atoms with Crippen LogP contribution in [0.3, 0.4) is 0 Å². The number of rotatable bonds is 5. The van der Waals surface area contributed by atoms with E-state index in [1.807, 2.05) is 6.92 Å². The van der Waals surface area contributed by atoms with Crippen molar-refractivity contribution in [3.8, 4) is 0 Å². The molecule has 3 N–H and O–H groups in total. The van der Waals surface area contributed by atoms with Gasteiger partial charge in [0.05, 0.1) is 18.4 Å². The van der Waals surface area contributed by atoms with Crippen LogP contribution in [0.2, 0.25) is 0 Å². The van der Waals surface area contributed by atoms with Crippen LogP contribution in [0.1, 0.15) is 6.92 Å². The van der Waals surface area contributed by atoms with E-state index < -0.39 is 20.7 Å². The van der Waals surface area contributed by atoms with Crippen LogP contribution in [0.5, 0.6) is 0 Å². The number of likely N-dealkylation sites (N-methyl/N-ethyl adjacent to an activating group) is 1. The SMILES string of the molecule is CCN1CCOC(CNS(=O)(=O)c2c(N)cccc2F)C1. The highest BCUT2D eigenvalue weighted by atomic mass is 32.2. The van der Waals surface area contributed by atoms with Crippen LogP contribution in [0, 0.1) is 5.82 Å². The predicted octanol–water partition coefficient (Wildman–Crippen LogP) is 0.407. The molecule has 118 valence electrons. The zero-order chi connectivity index (χ0) is 15.5. The summed E-state index contributed by atoms with van der Waals surface area (Å²) in [5, 5.41) is 0. The first-order valence-corrected chi connectivity index (χ1v) is 8.30. The summed E-state index contributed by atoms with van der Waals surface area (Å²) in [6.07, 6.45) is -0.249. The first-order chi connectivity index (χ1) is 9.94. The lowest BCUT2D eigenvalue weighted by atomic mass is 10.3. The maximum Gasteiger partial charge on any atom is 0.245 e. The van der Waals surface area contributed by atoms with Crippen molar-refractivity contribution >= 4 is 15.7 Å². The van der Waals surface area contributed by atoms with E-state index in [1.165, 1.54) is 12.1 Å². The third kappa shape index (κ3) is 3.91. The van der Waals surface area contributed by atoms with Gasteiger partial charge in [0.2, 0.25) is 10.0 Å². The molecule has 1 saturated heterocycles. The van der Waals surface area contributed by atoms with Gasteiger partial charge in [0.25, 0.3) is 0 Å². The van der Waals surface area contributed by atoms with E-state index in [2.05, 4.69) is 9.62 Å². The molecule has 1 aliphatic heterocycles. The van der Waals surface area contributed by atoms with Crippen molar-refractivity contribution in [3.63, 3.8) is 0 Å². The number of halogens is 1. The number of ether oxygens (including phenoxy) is 1. The van der Waals surface area contributed by atoms with E-state index in [4.69, 9.17) is 10.5 Å². The molecule has 0 bridgehead atoms. The minimum atomic E-state index is -3.99. The van der Waals surface area contributed by atoms with Crippen LogP contribution in [0.15, 0.2) is 23.1 Å². The van der Waals surface area contributed by atoms with E-state index in [-0.39, 0.29) is 18.3 Å². The minimum absolute atomic E-state index is 0.0899. The molecule has 8 heteroatoms. The molecule has 21 heavy (non-hydrogen) atoms. The van der Waals surface area contributed by atoms with Crippen molar-refractivity contribution in [2.75, 3.05) is 38.5 Å². The smallest absolute Gasteiger partial charge is 0.245 e. The summed E-state index contributed by atoms with van der Waals surface area (Å²) in [6.45, 7) is 5.04. The molecule has 2 rings (SSSR count). The number of hydrogen-bond acceptors (Lipinski definition) is 5. The molecule has 6 nitrogen and oxygen atoms in total. The van der Waals surface area contributed by atoms with E-state index in [1.54, 1.807) is 0 Å². The van der Waals surface area contributed by atoms with E-state index >= 15 is 0 Å². The standard InChI is InChI=1S/C13H20FN3O3S/c1-2-17-6-7-20-10(9-17)8-16-21(18,19)13-11(14)4-3-5-12(13)15/h3-5,10,16H,2,6-9,15H2,1H3.